The van der Waals surface area contributed by atoms with Crippen molar-refractivity contribution in [2.45, 2.75) is 58.8 Å². The standard InChI is InChI=1S/C20H30N4O6/c1-10(2)16(24-18(27)12(4)22-17(26)11(3)21)19(28)23-13(5)20(29)30-15-9-7-6-8-14(15)25/h6-13,16,25H,21H2,1-5H3,(H,22,26)(H,23,28)(H,24,27)/t11-,12+,13+,16-/m1/s1. The Morgan fingerprint density at radius 1 is 0.867 bits per heavy atom. The van der Waals surface area contributed by atoms with Gasteiger partial charge in [0.15, 0.2) is 11.5 Å². The maximum atomic E-state index is 12.6. The zero-order valence-corrected chi connectivity index (χ0v) is 17.8. The predicted octanol–water partition coefficient (Wildman–Crippen LogP) is -0.205. The fourth-order valence-corrected chi connectivity index (χ4v) is 2.33. The second kappa shape index (κ2) is 11.1. The molecule has 166 valence electrons. The Kier molecular flexibility index (Phi) is 9.25. The number of phenols is 1. The number of aromatic hydroxyl groups is 1. The van der Waals surface area contributed by atoms with Crippen molar-refractivity contribution in [1.29, 1.82) is 0 Å². The largest absolute Gasteiger partial charge is 0.504 e. The van der Waals surface area contributed by atoms with E-state index in [0.29, 0.717) is 0 Å². The van der Waals surface area contributed by atoms with Crippen molar-refractivity contribution in [3.05, 3.63) is 24.3 Å². The third kappa shape index (κ3) is 7.36. The fraction of sp³-hybridized carbons (Fsp3) is 0.500. The number of para-hydroxylation sites is 2. The Labute approximate surface area is 175 Å². The topological polar surface area (TPSA) is 160 Å². The van der Waals surface area contributed by atoms with Gasteiger partial charge in [-0.25, -0.2) is 4.79 Å². The van der Waals surface area contributed by atoms with E-state index in [2.05, 4.69) is 16.0 Å². The molecule has 0 unspecified atom stereocenters. The highest BCUT2D eigenvalue weighted by atomic mass is 16.5. The van der Waals surface area contributed by atoms with E-state index in [1.807, 2.05) is 0 Å². The maximum Gasteiger partial charge on any atom is 0.333 e. The summed E-state index contributed by atoms with van der Waals surface area (Å²) >= 11 is 0. The molecule has 10 heteroatoms. The Morgan fingerprint density at radius 2 is 1.43 bits per heavy atom. The van der Waals surface area contributed by atoms with Crippen molar-refractivity contribution < 1.29 is 29.0 Å². The summed E-state index contributed by atoms with van der Waals surface area (Å²) in [6.07, 6.45) is 0. The van der Waals surface area contributed by atoms with Crippen LogP contribution in [0.3, 0.4) is 0 Å². The lowest BCUT2D eigenvalue weighted by Gasteiger charge is -2.25. The first-order valence-corrected chi connectivity index (χ1v) is 9.60. The number of carbonyl (C=O) groups is 4. The lowest BCUT2D eigenvalue weighted by molar-refractivity contribution is -0.140. The number of ether oxygens (including phenoxy) is 1. The Bertz CT molecular complexity index is 780. The van der Waals surface area contributed by atoms with Gasteiger partial charge in [-0.2, -0.15) is 0 Å². The summed E-state index contributed by atoms with van der Waals surface area (Å²) in [5, 5.41) is 17.2. The number of hydrogen-bond donors (Lipinski definition) is 5. The third-order valence-corrected chi connectivity index (χ3v) is 4.20. The molecule has 10 nitrogen and oxygen atoms in total. The molecule has 1 aromatic rings. The number of rotatable bonds is 9. The van der Waals surface area contributed by atoms with Crippen LogP contribution in [0.5, 0.6) is 11.5 Å². The Balaban J connectivity index is 2.72. The molecule has 0 aliphatic carbocycles. The van der Waals surface area contributed by atoms with Gasteiger partial charge in [-0.1, -0.05) is 26.0 Å². The monoisotopic (exact) mass is 422 g/mol. The average molecular weight is 422 g/mol. The van der Waals surface area contributed by atoms with Crippen LogP contribution in [0.4, 0.5) is 0 Å². The molecule has 3 amide bonds. The minimum atomic E-state index is -1.04. The zero-order valence-electron chi connectivity index (χ0n) is 17.8. The van der Waals surface area contributed by atoms with Gasteiger partial charge in [-0.3, -0.25) is 14.4 Å². The van der Waals surface area contributed by atoms with E-state index >= 15 is 0 Å². The van der Waals surface area contributed by atoms with Gasteiger partial charge in [0, 0.05) is 0 Å². The molecule has 0 heterocycles. The molecule has 0 spiro atoms. The van der Waals surface area contributed by atoms with E-state index in [-0.39, 0.29) is 17.4 Å². The number of carbonyl (C=O) groups excluding carboxylic acids is 4. The normalized spacial score (nSPS) is 14.8. The zero-order chi connectivity index (χ0) is 23.0. The summed E-state index contributed by atoms with van der Waals surface area (Å²) in [6.45, 7) is 7.82. The quantitative estimate of drug-likeness (QED) is 0.272. The van der Waals surface area contributed by atoms with E-state index in [9.17, 15) is 24.3 Å². The number of esters is 1. The summed E-state index contributed by atoms with van der Waals surface area (Å²) in [5.41, 5.74) is 5.46. The number of nitrogens with one attached hydrogen (secondary N) is 3. The number of amides is 3. The summed E-state index contributed by atoms with van der Waals surface area (Å²) in [4.78, 5) is 48.8. The summed E-state index contributed by atoms with van der Waals surface area (Å²) in [5.74, 6) is -2.98. The first kappa shape index (κ1) is 24.9. The molecule has 4 atom stereocenters. The van der Waals surface area contributed by atoms with Crippen molar-refractivity contribution in [1.82, 2.24) is 16.0 Å². The van der Waals surface area contributed by atoms with Gasteiger partial charge < -0.3 is 31.5 Å². The van der Waals surface area contributed by atoms with Gasteiger partial charge >= 0.3 is 5.97 Å². The van der Waals surface area contributed by atoms with Crippen molar-refractivity contribution in [3.63, 3.8) is 0 Å². The third-order valence-electron chi connectivity index (χ3n) is 4.20. The minimum Gasteiger partial charge on any atom is -0.504 e. The molecular weight excluding hydrogens is 392 g/mol. The maximum absolute atomic E-state index is 12.6. The smallest absolute Gasteiger partial charge is 0.333 e. The van der Waals surface area contributed by atoms with Gasteiger partial charge in [-0.15, -0.1) is 0 Å². The molecule has 1 rings (SSSR count). The van der Waals surface area contributed by atoms with Gasteiger partial charge in [0.2, 0.25) is 17.7 Å². The first-order chi connectivity index (χ1) is 13.9. The van der Waals surface area contributed by atoms with E-state index in [1.54, 1.807) is 26.0 Å². The highest BCUT2D eigenvalue weighted by molar-refractivity contribution is 5.94. The van der Waals surface area contributed by atoms with Gasteiger partial charge in [-0.05, 0) is 38.8 Å². The second-order valence-corrected chi connectivity index (χ2v) is 7.37. The molecule has 0 saturated heterocycles. The minimum absolute atomic E-state index is 0.0315. The molecule has 0 aromatic heterocycles. The van der Waals surface area contributed by atoms with Crippen LogP contribution in [0.1, 0.15) is 34.6 Å². The number of hydrogen-bond acceptors (Lipinski definition) is 7. The fourth-order valence-electron chi connectivity index (χ4n) is 2.33. The van der Waals surface area contributed by atoms with Crippen molar-refractivity contribution in [2.24, 2.45) is 11.7 Å². The molecule has 30 heavy (non-hydrogen) atoms. The van der Waals surface area contributed by atoms with Crippen molar-refractivity contribution in [3.8, 4) is 11.5 Å². The molecule has 6 N–H and O–H groups in total. The first-order valence-electron chi connectivity index (χ1n) is 9.60. The van der Waals surface area contributed by atoms with Crippen LogP contribution >= 0.6 is 0 Å². The summed E-state index contributed by atoms with van der Waals surface area (Å²) in [6, 6.07) is 2.27. The highest BCUT2D eigenvalue weighted by Gasteiger charge is 2.29. The van der Waals surface area contributed by atoms with Crippen LogP contribution in [0.2, 0.25) is 0 Å². The molecule has 0 aliphatic heterocycles. The predicted molar refractivity (Wildman–Crippen MR) is 109 cm³/mol. The van der Waals surface area contributed by atoms with Crippen LogP contribution in [0.25, 0.3) is 0 Å². The van der Waals surface area contributed by atoms with E-state index in [1.165, 1.54) is 32.9 Å². The number of benzene rings is 1. The van der Waals surface area contributed by atoms with E-state index in [4.69, 9.17) is 10.5 Å². The van der Waals surface area contributed by atoms with Gasteiger partial charge in [0.05, 0.1) is 6.04 Å². The summed E-state index contributed by atoms with van der Waals surface area (Å²) < 4.78 is 5.08. The van der Waals surface area contributed by atoms with Crippen LogP contribution in [0, 0.1) is 5.92 Å². The molecule has 1 aromatic carbocycles. The average Bonchev–Trinajstić information content (AvgIpc) is 2.66. The van der Waals surface area contributed by atoms with Crippen LogP contribution in [-0.2, 0) is 19.2 Å². The van der Waals surface area contributed by atoms with Crippen molar-refractivity contribution in [2.75, 3.05) is 0 Å². The molecule has 0 saturated carbocycles. The van der Waals surface area contributed by atoms with E-state index < -0.39 is 47.9 Å². The Morgan fingerprint density at radius 3 is 1.97 bits per heavy atom. The lowest BCUT2D eigenvalue weighted by atomic mass is 10.0. The highest BCUT2D eigenvalue weighted by Crippen LogP contribution is 2.24. The lowest BCUT2D eigenvalue weighted by Crippen LogP contribution is -2.57. The van der Waals surface area contributed by atoms with Crippen molar-refractivity contribution >= 4 is 23.7 Å². The molecular formula is C20H30N4O6. The second-order valence-electron chi connectivity index (χ2n) is 7.37. The SMILES string of the molecule is CC(C)[C@@H](NC(=O)[C@H](C)NC(=O)[C@@H](C)N)C(=O)N[C@@H](C)C(=O)Oc1ccccc1O. The van der Waals surface area contributed by atoms with Crippen LogP contribution < -0.4 is 26.4 Å². The van der Waals surface area contributed by atoms with Gasteiger partial charge in [0.1, 0.15) is 18.1 Å². The van der Waals surface area contributed by atoms with Crippen LogP contribution in [0.15, 0.2) is 24.3 Å². The number of nitrogens with two attached hydrogens (primary N) is 1. The van der Waals surface area contributed by atoms with Gasteiger partial charge in [0.25, 0.3) is 0 Å². The van der Waals surface area contributed by atoms with E-state index in [0.717, 1.165) is 0 Å². The molecule has 0 bridgehead atoms. The number of phenolic OH excluding ortho intramolecular Hbond substituents is 1. The van der Waals surface area contributed by atoms with Crippen LogP contribution in [-0.4, -0.2) is 53.0 Å². The Hall–Kier alpha value is -3.14. The molecule has 0 radical (unpaired) electrons. The molecule has 0 aliphatic rings. The molecule has 0 fully saturated rings. The summed E-state index contributed by atoms with van der Waals surface area (Å²) in [7, 11) is 0.